The summed E-state index contributed by atoms with van der Waals surface area (Å²) in [4.78, 5) is 15.3. The van der Waals surface area contributed by atoms with Gasteiger partial charge in [0.25, 0.3) is 5.56 Å². The lowest BCUT2D eigenvalue weighted by Crippen LogP contribution is -2.02. The summed E-state index contributed by atoms with van der Waals surface area (Å²) in [6, 6.07) is 8.75. The van der Waals surface area contributed by atoms with Crippen LogP contribution in [0.15, 0.2) is 35.1 Å². The molecule has 3 rings (SSSR count). The first kappa shape index (κ1) is 9.17. The number of hydrogen-bond donors (Lipinski definition) is 2. The van der Waals surface area contributed by atoms with Crippen molar-refractivity contribution in [2.24, 2.45) is 0 Å². The number of nitrogens with zero attached hydrogens (tertiary/aromatic N) is 2. The Morgan fingerprint density at radius 3 is 2.88 bits per heavy atom. The molecule has 2 heterocycles. The van der Waals surface area contributed by atoms with Crippen LogP contribution in [-0.4, -0.2) is 19.9 Å². The molecule has 0 saturated heterocycles. The Balaban J connectivity index is 2.26. The van der Waals surface area contributed by atoms with E-state index in [1.807, 2.05) is 24.3 Å². The number of aromatic amines is 1. The first-order chi connectivity index (χ1) is 7.74. The Morgan fingerprint density at radius 2 is 2.19 bits per heavy atom. The van der Waals surface area contributed by atoms with Gasteiger partial charge in [0, 0.05) is 0 Å². The van der Waals surface area contributed by atoms with E-state index < -0.39 is 0 Å². The van der Waals surface area contributed by atoms with Gasteiger partial charge in [-0.2, -0.15) is 4.68 Å². The number of aromatic nitrogens is 3. The first-order valence-electron chi connectivity index (χ1n) is 4.61. The predicted octanol–water partition coefficient (Wildman–Crippen LogP) is 1.48. The molecule has 0 fully saturated rings. The lowest BCUT2D eigenvalue weighted by molar-refractivity contribution is 0.433. The smallest absolute Gasteiger partial charge is 0.268 e. The number of hydrogen-bond acceptors (Lipinski definition) is 4. The van der Waals surface area contributed by atoms with Crippen molar-refractivity contribution < 1.29 is 5.11 Å². The maximum absolute atomic E-state index is 11.0. The second-order valence-corrected chi connectivity index (χ2v) is 4.29. The van der Waals surface area contributed by atoms with Crippen molar-refractivity contribution in [3.8, 4) is 11.0 Å². The van der Waals surface area contributed by atoms with Crippen LogP contribution >= 0.6 is 11.3 Å². The average molecular weight is 233 g/mol. The second-order valence-electron chi connectivity index (χ2n) is 3.28. The Kier molecular flexibility index (Phi) is 1.84. The van der Waals surface area contributed by atoms with Crippen LogP contribution in [0.25, 0.3) is 15.3 Å². The largest absolute Gasteiger partial charge is 0.493 e. The third-order valence-corrected chi connectivity index (χ3v) is 3.21. The molecule has 5 nitrogen and oxygen atoms in total. The minimum absolute atomic E-state index is 0.135. The van der Waals surface area contributed by atoms with Gasteiger partial charge in [-0.15, -0.1) is 0 Å². The molecule has 2 N–H and O–H groups in total. The number of rotatable bonds is 1. The minimum atomic E-state index is -0.350. The van der Waals surface area contributed by atoms with Gasteiger partial charge in [0.15, 0.2) is 0 Å². The van der Waals surface area contributed by atoms with E-state index in [2.05, 4.69) is 10.1 Å². The van der Waals surface area contributed by atoms with Crippen LogP contribution in [0.3, 0.4) is 0 Å². The van der Waals surface area contributed by atoms with Gasteiger partial charge < -0.3 is 5.11 Å². The topological polar surface area (TPSA) is 70.9 Å². The van der Waals surface area contributed by atoms with Crippen molar-refractivity contribution in [1.82, 2.24) is 14.8 Å². The Morgan fingerprint density at radius 1 is 1.38 bits per heavy atom. The van der Waals surface area contributed by atoms with Crippen molar-refractivity contribution in [3.63, 3.8) is 0 Å². The molecule has 0 radical (unpaired) electrons. The van der Waals surface area contributed by atoms with Crippen LogP contribution in [0.1, 0.15) is 0 Å². The molecule has 0 aliphatic carbocycles. The van der Waals surface area contributed by atoms with Gasteiger partial charge in [0.2, 0.25) is 11.0 Å². The van der Waals surface area contributed by atoms with Crippen molar-refractivity contribution in [3.05, 3.63) is 40.7 Å². The zero-order chi connectivity index (χ0) is 11.1. The summed E-state index contributed by atoms with van der Waals surface area (Å²) in [6.07, 6.45) is 0. The van der Waals surface area contributed by atoms with E-state index in [0.29, 0.717) is 5.13 Å². The fourth-order valence-electron chi connectivity index (χ4n) is 1.48. The van der Waals surface area contributed by atoms with E-state index >= 15 is 0 Å². The lowest BCUT2D eigenvalue weighted by Gasteiger charge is -1.95. The van der Waals surface area contributed by atoms with Gasteiger partial charge in [0.1, 0.15) is 0 Å². The number of benzene rings is 1. The molecule has 16 heavy (non-hydrogen) atoms. The number of fused-ring (bicyclic) bond motifs is 1. The summed E-state index contributed by atoms with van der Waals surface area (Å²) in [6.45, 7) is 0. The molecular formula is C10H7N3O2S. The summed E-state index contributed by atoms with van der Waals surface area (Å²) in [7, 11) is 0. The molecule has 80 valence electrons. The zero-order valence-corrected chi connectivity index (χ0v) is 8.86. The Bertz CT molecular complexity index is 677. The molecule has 0 spiro atoms. The zero-order valence-electron chi connectivity index (χ0n) is 8.04. The second kappa shape index (κ2) is 3.21. The van der Waals surface area contributed by atoms with Crippen LogP contribution in [0, 0.1) is 0 Å². The SMILES string of the molecule is O=c1cc(O)n(-c2nc3ccccc3s2)[nH]1. The van der Waals surface area contributed by atoms with E-state index in [0.717, 1.165) is 16.3 Å². The Hall–Kier alpha value is -2.08. The molecule has 0 aliphatic heterocycles. The summed E-state index contributed by atoms with van der Waals surface area (Å²) in [5.74, 6) is -0.135. The van der Waals surface area contributed by atoms with Crippen LogP contribution in [0.5, 0.6) is 5.88 Å². The van der Waals surface area contributed by atoms with Crippen LogP contribution < -0.4 is 5.56 Å². The maximum atomic E-state index is 11.0. The number of nitrogens with one attached hydrogen (secondary N) is 1. The van der Waals surface area contributed by atoms with Crippen LogP contribution in [0.2, 0.25) is 0 Å². The summed E-state index contributed by atoms with van der Waals surface area (Å²) in [5.41, 5.74) is 0.494. The fourth-order valence-corrected chi connectivity index (χ4v) is 2.42. The van der Waals surface area contributed by atoms with Gasteiger partial charge in [-0.3, -0.25) is 9.89 Å². The summed E-state index contributed by atoms with van der Waals surface area (Å²) < 4.78 is 2.28. The lowest BCUT2D eigenvalue weighted by atomic mass is 10.3. The number of para-hydroxylation sites is 1. The van der Waals surface area contributed by atoms with Gasteiger partial charge in [0.05, 0.1) is 16.3 Å². The van der Waals surface area contributed by atoms with E-state index in [4.69, 9.17) is 0 Å². The van der Waals surface area contributed by atoms with Gasteiger partial charge >= 0.3 is 0 Å². The van der Waals surface area contributed by atoms with Gasteiger partial charge in [-0.05, 0) is 12.1 Å². The quantitative estimate of drug-likeness (QED) is 0.668. The van der Waals surface area contributed by atoms with E-state index in [1.54, 1.807) is 0 Å². The highest BCUT2D eigenvalue weighted by atomic mass is 32.1. The Labute approximate surface area is 93.6 Å². The molecule has 0 bridgehead atoms. The molecule has 6 heteroatoms. The van der Waals surface area contributed by atoms with Gasteiger partial charge in [-0.25, -0.2) is 4.98 Å². The van der Waals surface area contributed by atoms with E-state index in [9.17, 15) is 9.90 Å². The highest BCUT2D eigenvalue weighted by Gasteiger charge is 2.09. The van der Waals surface area contributed by atoms with E-state index in [1.165, 1.54) is 16.0 Å². The fraction of sp³-hybridized carbons (Fsp3) is 0. The maximum Gasteiger partial charge on any atom is 0.268 e. The molecule has 0 amide bonds. The predicted molar refractivity (Wildman–Crippen MR) is 61.2 cm³/mol. The molecule has 1 aromatic carbocycles. The highest BCUT2D eigenvalue weighted by molar-refractivity contribution is 7.20. The van der Waals surface area contributed by atoms with E-state index in [-0.39, 0.29) is 11.4 Å². The molecule has 0 atom stereocenters. The number of aromatic hydroxyl groups is 1. The molecule has 0 aliphatic rings. The minimum Gasteiger partial charge on any atom is -0.493 e. The first-order valence-corrected chi connectivity index (χ1v) is 5.43. The molecule has 0 unspecified atom stereocenters. The molecule has 3 aromatic rings. The number of thiazole rings is 1. The third kappa shape index (κ3) is 1.31. The van der Waals surface area contributed by atoms with Crippen molar-refractivity contribution in [2.45, 2.75) is 0 Å². The standard InChI is InChI=1S/C10H7N3O2S/c14-8-5-9(15)13(12-8)10-11-6-3-1-2-4-7(6)16-10/h1-5,15H,(H,12,14). The van der Waals surface area contributed by atoms with Gasteiger partial charge in [-0.1, -0.05) is 23.5 Å². The monoisotopic (exact) mass is 233 g/mol. The number of H-pyrrole nitrogens is 1. The van der Waals surface area contributed by atoms with Crippen LogP contribution in [-0.2, 0) is 0 Å². The normalized spacial score (nSPS) is 11.0. The van der Waals surface area contributed by atoms with Crippen molar-refractivity contribution in [1.29, 1.82) is 0 Å². The molecule has 2 aromatic heterocycles. The van der Waals surface area contributed by atoms with Crippen LogP contribution in [0.4, 0.5) is 0 Å². The molecule has 0 saturated carbocycles. The van der Waals surface area contributed by atoms with Crippen molar-refractivity contribution in [2.75, 3.05) is 0 Å². The average Bonchev–Trinajstić information content (AvgIpc) is 2.81. The summed E-state index contributed by atoms with van der Waals surface area (Å²) >= 11 is 1.40. The summed E-state index contributed by atoms with van der Waals surface area (Å²) in [5, 5.41) is 12.5. The van der Waals surface area contributed by atoms with Crippen molar-refractivity contribution >= 4 is 21.6 Å². The molecular weight excluding hydrogens is 226 g/mol. The highest BCUT2D eigenvalue weighted by Crippen LogP contribution is 2.25. The third-order valence-electron chi connectivity index (χ3n) is 2.19.